The van der Waals surface area contributed by atoms with Gasteiger partial charge in [-0.05, 0) is 43.0 Å². The Hall–Kier alpha value is -2.74. The SMILES string of the molecule is CCC(CC)C(=O)Nc1ccc(OCc2cc(=O)n3nc(CC(C)C)sc3n2)cc1. The highest BCUT2D eigenvalue weighted by molar-refractivity contribution is 7.16. The molecular formula is C22H28N4O3S. The molecule has 0 saturated carbocycles. The second-order valence-corrected chi connectivity index (χ2v) is 8.73. The molecule has 2 heterocycles. The molecule has 0 atom stereocenters. The molecule has 3 aromatic rings. The third-order valence-corrected chi connectivity index (χ3v) is 5.72. The predicted octanol–water partition coefficient (Wildman–Crippen LogP) is 4.30. The van der Waals surface area contributed by atoms with E-state index in [1.165, 1.54) is 21.9 Å². The van der Waals surface area contributed by atoms with Crippen molar-refractivity contribution in [2.45, 2.75) is 53.6 Å². The minimum absolute atomic E-state index is 0.0221. The number of hydrogen-bond donors (Lipinski definition) is 1. The summed E-state index contributed by atoms with van der Waals surface area (Å²) in [6.45, 7) is 8.44. The first-order valence-corrected chi connectivity index (χ1v) is 11.1. The van der Waals surface area contributed by atoms with Crippen molar-refractivity contribution < 1.29 is 9.53 Å². The summed E-state index contributed by atoms with van der Waals surface area (Å²) in [4.78, 5) is 29.6. The van der Waals surface area contributed by atoms with E-state index in [1.807, 2.05) is 26.0 Å². The van der Waals surface area contributed by atoms with E-state index in [0.717, 1.165) is 30.0 Å². The zero-order chi connectivity index (χ0) is 21.7. The fourth-order valence-corrected chi connectivity index (χ4v) is 4.23. The number of carbonyl (C=O) groups excluding carboxylic acids is 1. The van der Waals surface area contributed by atoms with Crippen LogP contribution in [0.4, 0.5) is 5.69 Å². The van der Waals surface area contributed by atoms with Gasteiger partial charge < -0.3 is 10.1 Å². The molecule has 30 heavy (non-hydrogen) atoms. The smallest absolute Gasteiger partial charge is 0.275 e. The van der Waals surface area contributed by atoms with Crippen molar-refractivity contribution in [1.29, 1.82) is 0 Å². The molecule has 1 amide bonds. The van der Waals surface area contributed by atoms with Gasteiger partial charge in [-0.3, -0.25) is 9.59 Å². The lowest BCUT2D eigenvalue weighted by Crippen LogP contribution is -2.21. The number of anilines is 1. The Bertz CT molecular complexity index is 1050. The molecule has 2 aromatic heterocycles. The highest BCUT2D eigenvalue weighted by Gasteiger charge is 2.14. The van der Waals surface area contributed by atoms with Gasteiger partial charge in [-0.15, -0.1) is 0 Å². The number of fused-ring (bicyclic) bond motifs is 1. The van der Waals surface area contributed by atoms with Crippen LogP contribution in [0.2, 0.25) is 0 Å². The Morgan fingerprint density at radius 1 is 1.20 bits per heavy atom. The maximum Gasteiger partial charge on any atom is 0.275 e. The summed E-state index contributed by atoms with van der Waals surface area (Å²) in [6, 6.07) is 8.66. The molecule has 1 aromatic carbocycles. The molecule has 0 aliphatic rings. The average Bonchev–Trinajstić information content (AvgIpc) is 3.10. The van der Waals surface area contributed by atoms with Gasteiger partial charge >= 0.3 is 0 Å². The van der Waals surface area contributed by atoms with Gasteiger partial charge in [-0.1, -0.05) is 39.0 Å². The number of hydrogen-bond acceptors (Lipinski definition) is 6. The van der Waals surface area contributed by atoms with Gasteiger partial charge in [0.25, 0.3) is 5.56 Å². The topological polar surface area (TPSA) is 85.6 Å². The van der Waals surface area contributed by atoms with Gasteiger partial charge in [-0.25, -0.2) is 4.98 Å². The summed E-state index contributed by atoms with van der Waals surface area (Å²) < 4.78 is 7.13. The average molecular weight is 429 g/mol. The van der Waals surface area contributed by atoms with E-state index in [0.29, 0.717) is 22.3 Å². The molecule has 0 unspecified atom stereocenters. The normalized spacial score (nSPS) is 11.4. The van der Waals surface area contributed by atoms with Gasteiger partial charge in [0, 0.05) is 24.1 Å². The van der Waals surface area contributed by atoms with E-state index < -0.39 is 0 Å². The van der Waals surface area contributed by atoms with Crippen molar-refractivity contribution in [2.75, 3.05) is 5.32 Å². The Kier molecular flexibility index (Phi) is 7.20. The lowest BCUT2D eigenvalue weighted by molar-refractivity contribution is -0.120. The molecule has 3 rings (SSSR count). The molecule has 1 N–H and O–H groups in total. The maximum absolute atomic E-state index is 12.3. The number of nitrogens with zero attached hydrogens (tertiary/aromatic N) is 3. The van der Waals surface area contributed by atoms with Gasteiger partial charge in [-0.2, -0.15) is 9.61 Å². The van der Waals surface area contributed by atoms with E-state index >= 15 is 0 Å². The Morgan fingerprint density at radius 3 is 2.53 bits per heavy atom. The van der Waals surface area contributed by atoms with E-state index in [-0.39, 0.29) is 24.0 Å². The number of nitrogens with one attached hydrogen (secondary N) is 1. The van der Waals surface area contributed by atoms with Crippen LogP contribution in [0.5, 0.6) is 5.75 Å². The standard InChI is InChI=1S/C22H28N4O3S/c1-5-15(6-2)21(28)23-16-7-9-18(10-8-16)29-13-17-12-20(27)26-22(24-17)30-19(25-26)11-14(3)4/h7-10,12,14-15H,5-6,11,13H2,1-4H3,(H,23,28). The van der Waals surface area contributed by atoms with Crippen LogP contribution in [0.15, 0.2) is 35.1 Å². The van der Waals surface area contributed by atoms with E-state index in [1.54, 1.807) is 12.1 Å². The quantitative estimate of drug-likeness (QED) is 0.549. The van der Waals surface area contributed by atoms with Crippen LogP contribution in [0.3, 0.4) is 0 Å². The van der Waals surface area contributed by atoms with Crippen LogP contribution in [0.25, 0.3) is 4.96 Å². The second kappa shape index (κ2) is 9.84. The van der Waals surface area contributed by atoms with Crippen LogP contribution in [-0.4, -0.2) is 20.5 Å². The van der Waals surface area contributed by atoms with Crippen LogP contribution < -0.4 is 15.6 Å². The molecule has 0 aliphatic heterocycles. The van der Waals surface area contributed by atoms with E-state index in [4.69, 9.17) is 4.74 Å². The number of rotatable bonds is 9. The molecule has 0 radical (unpaired) electrons. The van der Waals surface area contributed by atoms with Gasteiger partial charge in [0.05, 0.1) is 5.69 Å². The molecule has 160 valence electrons. The summed E-state index contributed by atoms with van der Waals surface area (Å²) in [5.74, 6) is 1.16. The molecule has 0 aliphatic carbocycles. The van der Waals surface area contributed by atoms with Crippen molar-refractivity contribution in [3.63, 3.8) is 0 Å². The molecule has 0 spiro atoms. The zero-order valence-corrected chi connectivity index (χ0v) is 18.7. The van der Waals surface area contributed by atoms with Crippen molar-refractivity contribution in [1.82, 2.24) is 14.6 Å². The maximum atomic E-state index is 12.3. The summed E-state index contributed by atoms with van der Waals surface area (Å²) in [5, 5.41) is 8.19. The third kappa shape index (κ3) is 5.44. The van der Waals surface area contributed by atoms with Crippen LogP contribution >= 0.6 is 11.3 Å². The zero-order valence-electron chi connectivity index (χ0n) is 17.8. The van der Waals surface area contributed by atoms with Crippen molar-refractivity contribution >= 4 is 27.9 Å². The first-order chi connectivity index (χ1) is 14.4. The molecular weight excluding hydrogens is 400 g/mol. The first kappa shape index (κ1) is 22.0. The van der Waals surface area contributed by atoms with Crippen molar-refractivity contribution in [2.24, 2.45) is 11.8 Å². The Balaban J connectivity index is 1.64. The fraction of sp³-hybridized carbons (Fsp3) is 0.455. The second-order valence-electron chi connectivity index (χ2n) is 7.69. The van der Waals surface area contributed by atoms with Crippen LogP contribution in [0, 0.1) is 11.8 Å². The minimum atomic E-state index is -0.204. The summed E-state index contributed by atoms with van der Waals surface area (Å²) in [7, 11) is 0. The van der Waals surface area contributed by atoms with Crippen LogP contribution in [-0.2, 0) is 17.8 Å². The predicted molar refractivity (Wildman–Crippen MR) is 119 cm³/mol. The fourth-order valence-electron chi connectivity index (χ4n) is 3.10. The monoisotopic (exact) mass is 428 g/mol. The van der Waals surface area contributed by atoms with Gasteiger partial charge in [0.2, 0.25) is 10.9 Å². The van der Waals surface area contributed by atoms with Crippen molar-refractivity contribution in [3.05, 3.63) is 51.4 Å². The number of benzene rings is 1. The van der Waals surface area contributed by atoms with Gasteiger partial charge in [0.1, 0.15) is 17.4 Å². The molecule has 0 fully saturated rings. The number of amides is 1. The number of carbonyl (C=O) groups is 1. The van der Waals surface area contributed by atoms with E-state index in [2.05, 4.69) is 29.2 Å². The van der Waals surface area contributed by atoms with Crippen LogP contribution in [0.1, 0.15) is 51.2 Å². The molecule has 0 saturated heterocycles. The third-order valence-electron chi connectivity index (χ3n) is 4.79. The molecule has 7 nitrogen and oxygen atoms in total. The summed E-state index contributed by atoms with van der Waals surface area (Å²) in [6.07, 6.45) is 2.46. The highest BCUT2D eigenvalue weighted by Crippen LogP contribution is 2.19. The lowest BCUT2D eigenvalue weighted by atomic mass is 10.0. The van der Waals surface area contributed by atoms with Crippen molar-refractivity contribution in [3.8, 4) is 5.75 Å². The first-order valence-electron chi connectivity index (χ1n) is 10.3. The largest absolute Gasteiger partial charge is 0.487 e. The van der Waals surface area contributed by atoms with E-state index in [9.17, 15) is 9.59 Å². The highest BCUT2D eigenvalue weighted by atomic mass is 32.1. The minimum Gasteiger partial charge on any atom is -0.487 e. The van der Waals surface area contributed by atoms with Gasteiger partial charge in [0.15, 0.2) is 0 Å². The summed E-state index contributed by atoms with van der Waals surface area (Å²) in [5.41, 5.74) is 1.09. The Labute approximate surface area is 180 Å². The molecule has 8 heteroatoms. The number of ether oxygens (including phenoxy) is 1. The Morgan fingerprint density at radius 2 is 1.90 bits per heavy atom. The number of aromatic nitrogens is 3. The molecule has 0 bridgehead atoms. The summed E-state index contributed by atoms with van der Waals surface area (Å²) >= 11 is 1.43. The lowest BCUT2D eigenvalue weighted by Gasteiger charge is -2.13.